The molecule has 3 rings (SSSR count). The molecule has 3 fully saturated rings. The molecule has 4 unspecified atom stereocenters. The molecule has 0 radical (unpaired) electrons. The van der Waals surface area contributed by atoms with Crippen molar-refractivity contribution in [3.05, 3.63) is 0 Å². The number of nitrogens with two attached hydrogens (primary N) is 1. The maximum absolute atomic E-state index is 13.0. The lowest BCUT2D eigenvalue weighted by Crippen LogP contribution is -2.57. The largest absolute Gasteiger partial charge is 0.446 e. The number of amides is 3. The fourth-order valence-electron chi connectivity index (χ4n) is 4.20. The van der Waals surface area contributed by atoms with E-state index in [-0.39, 0.29) is 12.0 Å². The summed E-state index contributed by atoms with van der Waals surface area (Å²) in [6, 6.07) is -1.34. The Balaban J connectivity index is 1.63. The number of nitrogens with zero attached hydrogens (tertiary/aromatic N) is 1. The van der Waals surface area contributed by atoms with Gasteiger partial charge in [0.1, 0.15) is 18.2 Å². The molecule has 0 spiro atoms. The Labute approximate surface area is 148 Å². The van der Waals surface area contributed by atoms with E-state index < -0.39 is 29.5 Å². The third-order valence-electron chi connectivity index (χ3n) is 5.71. The Morgan fingerprint density at radius 3 is 2.36 bits per heavy atom. The van der Waals surface area contributed by atoms with E-state index >= 15 is 0 Å². The minimum Gasteiger partial charge on any atom is -0.446 e. The molecule has 0 aromatic heterocycles. The Morgan fingerprint density at radius 1 is 1.16 bits per heavy atom. The summed E-state index contributed by atoms with van der Waals surface area (Å²) in [5, 5.41) is 2.75. The van der Waals surface area contributed by atoms with E-state index in [1.165, 1.54) is 11.3 Å². The van der Waals surface area contributed by atoms with Gasteiger partial charge in [0, 0.05) is 6.54 Å². The van der Waals surface area contributed by atoms with Crippen LogP contribution < -0.4 is 11.1 Å². The van der Waals surface area contributed by atoms with E-state index in [0.717, 1.165) is 31.1 Å². The maximum atomic E-state index is 13.0. The SMILES string of the molecule is CC(C)(C)C(NC(=O)OC1CC2CC2C1)C(=O)N1CCCC1C(N)=O. The number of fused-ring (bicyclic) bond motifs is 1. The number of hydrogen-bond acceptors (Lipinski definition) is 4. The van der Waals surface area contributed by atoms with Gasteiger partial charge in [-0.3, -0.25) is 9.59 Å². The third-order valence-corrected chi connectivity index (χ3v) is 5.71. The van der Waals surface area contributed by atoms with E-state index in [1.807, 2.05) is 20.8 Å². The third kappa shape index (κ3) is 3.90. The summed E-state index contributed by atoms with van der Waals surface area (Å²) in [6.45, 7) is 6.14. The highest BCUT2D eigenvalue weighted by Gasteiger charge is 2.48. The molecule has 0 bridgehead atoms. The van der Waals surface area contributed by atoms with Gasteiger partial charge >= 0.3 is 6.09 Å². The van der Waals surface area contributed by atoms with Gasteiger partial charge in [-0.1, -0.05) is 20.8 Å². The number of alkyl carbamates (subject to hydrolysis) is 1. The average Bonchev–Trinajstić information content (AvgIpc) is 2.94. The molecule has 3 amide bonds. The van der Waals surface area contributed by atoms with Crippen LogP contribution in [0.3, 0.4) is 0 Å². The zero-order valence-corrected chi connectivity index (χ0v) is 15.3. The van der Waals surface area contributed by atoms with Crippen LogP contribution in [0.1, 0.15) is 52.9 Å². The Hall–Kier alpha value is -1.79. The van der Waals surface area contributed by atoms with Crippen molar-refractivity contribution >= 4 is 17.9 Å². The predicted octanol–water partition coefficient (Wildman–Crippen LogP) is 1.40. The first-order valence-corrected chi connectivity index (χ1v) is 9.23. The zero-order valence-electron chi connectivity index (χ0n) is 15.3. The molecule has 4 atom stereocenters. The molecule has 7 heteroatoms. The second-order valence-corrected chi connectivity index (χ2v) is 8.79. The van der Waals surface area contributed by atoms with Gasteiger partial charge in [0.25, 0.3) is 0 Å². The van der Waals surface area contributed by atoms with Crippen molar-refractivity contribution in [1.82, 2.24) is 10.2 Å². The van der Waals surface area contributed by atoms with Gasteiger partial charge in [-0.25, -0.2) is 4.79 Å². The Kier molecular flexibility index (Phi) is 4.68. The first-order chi connectivity index (χ1) is 11.7. The van der Waals surface area contributed by atoms with Crippen LogP contribution in [-0.2, 0) is 14.3 Å². The molecule has 2 saturated carbocycles. The van der Waals surface area contributed by atoms with Crippen LogP contribution in [0, 0.1) is 17.3 Å². The molecule has 3 aliphatic rings. The van der Waals surface area contributed by atoms with Crippen molar-refractivity contribution in [1.29, 1.82) is 0 Å². The second-order valence-electron chi connectivity index (χ2n) is 8.79. The van der Waals surface area contributed by atoms with E-state index in [2.05, 4.69) is 5.32 Å². The van der Waals surface area contributed by atoms with Gasteiger partial charge in [0.15, 0.2) is 0 Å². The molecule has 1 heterocycles. The van der Waals surface area contributed by atoms with Crippen molar-refractivity contribution in [3.63, 3.8) is 0 Å². The highest BCUT2D eigenvalue weighted by atomic mass is 16.6. The fourth-order valence-corrected chi connectivity index (χ4v) is 4.20. The summed E-state index contributed by atoms with van der Waals surface area (Å²) in [6.07, 6.45) is 3.86. The maximum Gasteiger partial charge on any atom is 0.408 e. The number of rotatable bonds is 4. The topological polar surface area (TPSA) is 102 Å². The minimum absolute atomic E-state index is 0.0374. The summed E-state index contributed by atoms with van der Waals surface area (Å²) in [4.78, 5) is 38.4. The molecule has 0 aromatic rings. The molecule has 2 aliphatic carbocycles. The Morgan fingerprint density at radius 2 is 1.80 bits per heavy atom. The van der Waals surface area contributed by atoms with Gasteiger partial charge < -0.3 is 20.7 Å². The van der Waals surface area contributed by atoms with Crippen molar-refractivity contribution < 1.29 is 19.1 Å². The number of carbonyl (C=O) groups is 3. The van der Waals surface area contributed by atoms with E-state index in [0.29, 0.717) is 13.0 Å². The van der Waals surface area contributed by atoms with Crippen molar-refractivity contribution in [2.24, 2.45) is 23.0 Å². The van der Waals surface area contributed by atoms with Crippen LogP contribution in [0.2, 0.25) is 0 Å². The molecule has 7 nitrogen and oxygen atoms in total. The van der Waals surface area contributed by atoms with Crippen LogP contribution in [0.15, 0.2) is 0 Å². The lowest BCUT2D eigenvalue weighted by molar-refractivity contribution is -0.141. The smallest absolute Gasteiger partial charge is 0.408 e. The Bertz CT molecular complexity index is 561. The quantitative estimate of drug-likeness (QED) is 0.799. The molecular weight excluding hydrogens is 322 g/mol. The predicted molar refractivity (Wildman–Crippen MR) is 91.4 cm³/mol. The molecule has 1 aliphatic heterocycles. The number of likely N-dealkylation sites (tertiary alicyclic amines) is 1. The summed E-state index contributed by atoms with van der Waals surface area (Å²) in [7, 11) is 0. The summed E-state index contributed by atoms with van der Waals surface area (Å²) in [5.74, 6) is 0.684. The first kappa shape index (κ1) is 18.0. The van der Waals surface area contributed by atoms with Gasteiger partial charge in [0.05, 0.1) is 0 Å². The highest BCUT2D eigenvalue weighted by Crippen LogP contribution is 2.52. The minimum atomic E-state index is -0.754. The summed E-state index contributed by atoms with van der Waals surface area (Å²) >= 11 is 0. The zero-order chi connectivity index (χ0) is 18.4. The molecular formula is C18H29N3O4. The monoisotopic (exact) mass is 351 g/mol. The first-order valence-electron chi connectivity index (χ1n) is 9.23. The molecule has 25 heavy (non-hydrogen) atoms. The number of hydrogen-bond donors (Lipinski definition) is 2. The molecule has 0 aromatic carbocycles. The van der Waals surface area contributed by atoms with Gasteiger partial charge in [-0.15, -0.1) is 0 Å². The van der Waals surface area contributed by atoms with Crippen LogP contribution in [0.25, 0.3) is 0 Å². The van der Waals surface area contributed by atoms with Crippen LogP contribution >= 0.6 is 0 Å². The number of carbonyl (C=O) groups excluding carboxylic acids is 3. The number of nitrogens with one attached hydrogen (secondary N) is 1. The van der Waals surface area contributed by atoms with E-state index in [1.54, 1.807) is 0 Å². The van der Waals surface area contributed by atoms with Gasteiger partial charge in [0.2, 0.25) is 11.8 Å². The van der Waals surface area contributed by atoms with Gasteiger partial charge in [-0.05, 0) is 49.4 Å². The normalized spacial score (nSPS) is 32.0. The number of primary amides is 1. The highest BCUT2D eigenvalue weighted by molar-refractivity contribution is 5.91. The van der Waals surface area contributed by atoms with Crippen LogP contribution in [0.5, 0.6) is 0 Å². The molecule has 3 N–H and O–H groups in total. The molecule has 1 saturated heterocycles. The fraction of sp³-hybridized carbons (Fsp3) is 0.833. The molecule has 140 valence electrons. The summed E-state index contributed by atoms with van der Waals surface area (Å²) in [5.41, 5.74) is 4.92. The lowest BCUT2D eigenvalue weighted by atomic mass is 9.85. The number of ether oxygens (including phenoxy) is 1. The second kappa shape index (κ2) is 6.50. The van der Waals surface area contributed by atoms with Crippen LogP contribution in [0.4, 0.5) is 4.79 Å². The standard InChI is InChI=1S/C18H29N3O4/c1-18(2,3)14(16(23)21-6-4-5-13(21)15(19)22)20-17(24)25-12-8-10-7-11(10)9-12/h10-14H,4-9H2,1-3H3,(H2,19,22)(H,20,24). The van der Waals surface area contributed by atoms with E-state index in [4.69, 9.17) is 10.5 Å². The van der Waals surface area contributed by atoms with Crippen LogP contribution in [-0.4, -0.2) is 47.5 Å². The van der Waals surface area contributed by atoms with Gasteiger partial charge in [-0.2, -0.15) is 0 Å². The van der Waals surface area contributed by atoms with E-state index in [9.17, 15) is 14.4 Å². The summed E-state index contributed by atoms with van der Waals surface area (Å²) < 4.78 is 5.51. The van der Waals surface area contributed by atoms with Crippen molar-refractivity contribution in [3.8, 4) is 0 Å². The average molecular weight is 351 g/mol. The van der Waals surface area contributed by atoms with Crippen molar-refractivity contribution in [2.75, 3.05) is 6.54 Å². The van der Waals surface area contributed by atoms with Crippen molar-refractivity contribution in [2.45, 2.75) is 71.1 Å². The lowest BCUT2D eigenvalue weighted by Gasteiger charge is -2.35.